The Balaban J connectivity index is 2.15. The lowest BCUT2D eigenvalue weighted by atomic mass is 10.1. The van der Waals surface area contributed by atoms with Crippen LogP contribution in [0, 0.1) is 11.6 Å². The number of para-hydroxylation sites is 1. The summed E-state index contributed by atoms with van der Waals surface area (Å²) in [5, 5.41) is 2.62. The molecule has 0 radical (unpaired) electrons. The summed E-state index contributed by atoms with van der Waals surface area (Å²) in [6.07, 6.45) is 0.899. The Morgan fingerprint density at radius 1 is 1.12 bits per heavy atom. The number of rotatable bonds is 6. The Hall–Kier alpha value is -2.48. The minimum Gasteiger partial charge on any atom is -0.348 e. The molecule has 134 valence electrons. The molecule has 2 aromatic rings. The van der Waals surface area contributed by atoms with Gasteiger partial charge < -0.3 is 5.32 Å². The van der Waals surface area contributed by atoms with E-state index in [0.29, 0.717) is 9.87 Å². The highest BCUT2D eigenvalue weighted by Gasteiger charge is 2.24. The van der Waals surface area contributed by atoms with Crippen molar-refractivity contribution >= 4 is 21.6 Å². The Kier molecular flexibility index (Phi) is 5.73. The highest BCUT2D eigenvalue weighted by atomic mass is 32.2. The second-order valence-corrected chi connectivity index (χ2v) is 7.47. The summed E-state index contributed by atoms with van der Waals surface area (Å²) in [5.41, 5.74) is 0.459. The van der Waals surface area contributed by atoms with Gasteiger partial charge in [-0.15, -0.1) is 0 Å². The van der Waals surface area contributed by atoms with E-state index in [-0.39, 0.29) is 5.69 Å². The molecular formula is C17H18F2N2O3S. The number of carbonyl (C=O) groups is 1. The van der Waals surface area contributed by atoms with E-state index >= 15 is 0 Å². The third-order valence-corrected chi connectivity index (χ3v) is 4.68. The van der Waals surface area contributed by atoms with E-state index in [0.717, 1.165) is 12.3 Å². The first-order valence-corrected chi connectivity index (χ1v) is 9.30. The number of amides is 1. The quantitative estimate of drug-likeness (QED) is 0.852. The van der Waals surface area contributed by atoms with Gasteiger partial charge in [0, 0.05) is 0 Å². The second-order valence-electron chi connectivity index (χ2n) is 5.56. The van der Waals surface area contributed by atoms with Crippen LogP contribution in [0.15, 0.2) is 48.5 Å². The van der Waals surface area contributed by atoms with E-state index in [1.807, 2.05) is 0 Å². The van der Waals surface area contributed by atoms with Crippen LogP contribution in [0.3, 0.4) is 0 Å². The van der Waals surface area contributed by atoms with Crippen molar-refractivity contribution in [3.8, 4) is 0 Å². The molecule has 0 heterocycles. The summed E-state index contributed by atoms with van der Waals surface area (Å²) in [6, 6.07) is 10.4. The SMILES string of the molecule is C[C@@H](NC(=O)CN(c1ccccc1F)S(C)(=O)=O)c1ccc(F)cc1. The van der Waals surface area contributed by atoms with Gasteiger partial charge >= 0.3 is 0 Å². The summed E-state index contributed by atoms with van der Waals surface area (Å²) in [7, 11) is -3.86. The minimum atomic E-state index is -3.86. The van der Waals surface area contributed by atoms with Gasteiger partial charge in [-0.05, 0) is 36.8 Å². The first kappa shape index (κ1) is 18.9. The molecule has 25 heavy (non-hydrogen) atoms. The van der Waals surface area contributed by atoms with E-state index in [1.165, 1.54) is 42.5 Å². The van der Waals surface area contributed by atoms with Crippen LogP contribution in [0.5, 0.6) is 0 Å². The number of benzene rings is 2. The average Bonchev–Trinajstić information content (AvgIpc) is 2.53. The molecule has 0 aliphatic rings. The van der Waals surface area contributed by atoms with Gasteiger partial charge in [0.15, 0.2) is 0 Å². The average molecular weight is 368 g/mol. The largest absolute Gasteiger partial charge is 0.348 e. The number of sulfonamides is 1. The summed E-state index contributed by atoms with van der Waals surface area (Å²) >= 11 is 0. The highest BCUT2D eigenvalue weighted by molar-refractivity contribution is 7.92. The van der Waals surface area contributed by atoms with Crippen molar-refractivity contribution in [3.63, 3.8) is 0 Å². The summed E-state index contributed by atoms with van der Waals surface area (Å²) in [6.45, 7) is 1.12. The molecule has 0 bridgehead atoms. The Morgan fingerprint density at radius 3 is 2.28 bits per heavy atom. The molecule has 8 heteroatoms. The number of hydrogen-bond donors (Lipinski definition) is 1. The van der Waals surface area contributed by atoms with Crippen LogP contribution in [0.2, 0.25) is 0 Å². The lowest BCUT2D eigenvalue weighted by Crippen LogP contribution is -2.41. The molecule has 2 rings (SSSR count). The van der Waals surface area contributed by atoms with Crippen molar-refractivity contribution < 1.29 is 22.0 Å². The van der Waals surface area contributed by atoms with Gasteiger partial charge in [0.2, 0.25) is 15.9 Å². The molecule has 1 N–H and O–H groups in total. The van der Waals surface area contributed by atoms with Crippen molar-refractivity contribution in [3.05, 3.63) is 65.7 Å². The van der Waals surface area contributed by atoms with Crippen LogP contribution >= 0.6 is 0 Å². The van der Waals surface area contributed by atoms with Gasteiger partial charge in [-0.3, -0.25) is 9.10 Å². The van der Waals surface area contributed by atoms with Gasteiger partial charge in [0.05, 0.1) is 18.0 Å². The van der Waals surface area contributed by atoms with Crippen LogP contribution in [0.4, 0.5) is 14.5 Å². The van der Waals surface area contributed by atoms with E-state index in [2.05, 4.69) is 5.32 Å². The highest BCUT2D eigenvalue weighted by Crippen LogP contribution is 2.21. The normalized spacial score (nSPS) is 12.5. The molecular weight excluding hydrogens is 350 g/mol. The predicted molar refractivity (Wildman–Crippen MR) is 91.5 cm³/mol. The molecule has 0 aromatic heterocycles. The van der Waals surface area contributed by atoms with Crippen LogP contribution < -0.4 is 9.62 Å². The number of nitrogens with one attached hydrogen (secondary N) is 1. The fourth-order valence-corrected chi connectivity index (χ4v) is 3.14. The maximum Gasteiger partial charge on any atom is 0.241 e. The topological polar surface area (TPSA) is 66.5 Å². The number of hydrogen-bond acceptors (Lipinski definition) is 3. The zero-order valence-electron chi connectivity index (χ0n) is 13.7. The monoisotopic (exact) mass is 368 g/mol. The summed E-state index contributed by atoms with van der Waals surface area (Å²) < 4.78 is 51.5. The number of anilines is 1. The molecule has 2 aromatic carbocycles. The molecule has 0 aliphatic carbocycles. The molecule has 0 fully saturated rings. The van der Waals surface area contributed by atoms with Crippen LogP contribution in [-0.2, 0) is 14.8 Å². The van der Waals surface area contributed by atoms with Crippen molar-refractivity contribution in [1.82, 2.24) is 5.32 Å². The number of nitrogens with zero attached hydrogens (tertiary/aromatic N) is 1. The van der Waals surface area contributed by atoms with Crippen molar-refractivity contribution in [2.45, 2.75) is 13.0 Å². The zero-order chi connectivity index (χ0) is 18.6. The van der Waals surface area contributed by atoms with Gasteiger partial charge in [-0.1, -0.05) is 24.3 Å². The third kappa shape index (κ3) is 4.99. The van der Waals surface area contributed by atoms with Gasteiger partial charge in [-0.2, -0.15) is 0 Å². The van der Waals surface area contributed by atoms with Crippen LogP contribution in [-0.4, -0.2) is 27.1 Å². The van der Waals surface area contributed by atoms with Gasteiger partial charge in [0.25, 0.3) is 0 Å². The summed E-state index contributed by atoms with van der Waals surface area (Å²) in [4.78, 5) is 12.2. The third-order valence-electron chi connectivity index (χ3n) is 3.56. The molecule has 0 aliphatic heterocycles. The van der Waals surface area contributed by atoms with Crippen LogP contribution in [0.25, 0.3) is 0 Å². The van der Waals surface area contributed by atoms with Crippen molar-refractivity contribution in [2.24, 2.45) is 0 Å². The molecule has 1 atom stereocenters. The fourth-order valence-electron chi connectivity index (χ4n) is 2.29. The standard InChI is InChI=1S/C17H18F2N2O3S/c1-12(13-7-9-14(18)10-8-13)20-17(22)11-21(25(2,23)24)16-6-4-3-5-15(16)19/h3-10,12H,11H2,1-2H3,(H,20,22)/t12-/m1/s1. The first-order chi connectivity index (χ1) is 11.7. The van der Waals surface area contributed by atoms with Crippen molar-refractivity contribution in [2.75, 3.05) is 17.1 Å². The fraction of sp³-hybridized carbons (Fsp3) is 0.235. The Labute approximate surface area is 145 Å². The Morgan fingerprint density at radius 2 is 1.72 bits per heavy atom. The lowest BCUT2D eigenvalue weighted by molar-refractivity contribution is -0.120. The maximum absolute atomic E-state index is 13.9. The second kappa shape index (κ2) is 7.60. The molecule has 0 saturated heterocycles. The Bertz CT molecular complexity index is 854. The van der Waals surface area contributed by atoms with Gasteiger partial charge in [-0.25, -0.2) is 17.2 Å². The van der Waals surface area contributed by atoms with E-state index in [9.17, 15) is 22.0 Å². The molecule has 1 amide bonds. The van der Waals surface area contributed by atoms with E-state index < -0.39 is 40.2 Å². The predicted octanol–water partition coefficient (Wildman–Crippen LogP) is 2.61. The van der Waals surface area contributed by atoms with Crippen molar-refractivity contribution in [1.29, 1.82) is 0 Å². The lowest BCUT2D eigenvalue weighted by Gasteiger charge is -2.23. The number of carbonyl (C=O) groups excluding carboxylic acids is 1. The van der Waals surface area contributed by atoms with Crippen LogP contribution in [0.1, 0.15) is 18.5 Å². The smallest absolute Gasteiger partial charge is 0.241 e. The molecule has 0 unspecified atom stereocenters. The molecule has 0 saturated carbocycles. The van der Waals surface area contributed by atoms with E-state index in [4.69, 9.17) is 0 Å². The first-order valence-electron chi connectivity index (χ1n) is 7.45. The number of halogens is 2. The maximum atomic E-state index is 13.9. The molecule has 5 nitrogen and oxygen atoms in total. The van der Waals surface area contributed by atoms with E-state index in [1.54, 1.807) is 6.92 Å². The molecule has 0 spiro atoms. The minimum absolute atomic E-state index is 0.199. The summed E-state index contributed by atoms with van der Waals surface area (Å²) in [5.74, 6) is -1.75. The zero-order valence-corrected chi connectivity index (χ0v) is 14.6. The van der Waals surface area contributed by atoms with Gasteiger partial charge in [0.1, 0.15) is 18.2 Å².